The maximum atomic E-state index is 13.8. The van der Waals surface area contributed by atoms with Crippen LogP contribution in [0.25, 0.3) is 0 Å². The van der Waals surface area contributed by atoms with E-state index in [-0.39, 0.29) is 37.8 Å². The highest BCUT2D eigenvalue weighted by Gasteiger charge is 2.36. The molecule has 3 N–H and O–H groups in total. The van der Waals surface area contributed by atoms with Crippen molar-refractivity contribution in [3.63, 3.8) is 0 Å². The fourth-order valence-electron chi connectivity index (χ4n) is 3.55. The van der Waals surface area contributed by atoms with Crippen molar-refractivity contribution in [2.75, 3.05) is 19.7 Å². The number of hydrogen-bond donors (Lipinski definition) is 3. The maximum absolute atomic E-state index is 13.8. The zero-order chi connectivity index (χ0) is 28.2. The van der Waals surface area contributed by atoms with E-state index in [9.17, 15) is 24.3 Å². The number of hydrogen-bond acceptors (Lipinski definition) is 7. The number of carbonyl (C=O) groups is 4. The highest BCUT2D eigenvalue weighted by atomic mass is 16.6. The van der Waals surface area contributed by atoms with Gasteiger partial charge in [-0.1, -0.05) is 32.1 Å². The summed E-state index contributed by atoms with van der Waals surface area (Å²) >= 11 is 0. The summed E-state index contributed by atoms with van der Waals surface area (Å²) < 4.78 is 10.2. The molecule has 0 aliphatic heterocycles. The molecule has 0 saturated carbocycles. The Hall–Kier alpha value is -3.56. The van der Waals surface area contributed by atoms with Gasteiger partial charge in [0.05, 0.1) is 13.0 Å². The Bertz CT molecular complexity index is 923. The number of amides is 3. The Kier molecular flexibility index (Phi) is 12.6. The van der Waals surface area contributed by atoms with Gasteiger partial charge in [0.15, 0.2) is 0 Å². The molecule has 37 heavy (non-hydrogen) atoms. The van der Waals surface area contributed by atoms with Crippen molar-refractivity contribution in [3.05, 3.63) is 42.5 Å². The molecule has 0 heterocycles. The van der Waals surface area contributed by atoms with Gasteiger partial charge < -0.3 is 30.1 Å². The fourth-order valence-corrected chi connectivity index (χ4v) is 3.55. The molecule has 0 spiro atoms. The lowest BCUT2D eigenvalue weighted by Crippen LogP contribution is -2.53. The quantitative estimate of drug-likeness (QED) is 0.268. The number of esters is 1. The summed E-state index contributed by atoms with van der Waals surface area (Å²) in [7, 11) is 0. The van der Waals surface area contributed by atoms with Gasteiger partial charge in [0.25, 0.3) is 0 Å². The first kappa shape index (κ1) is 31.5. The SMILES string of the molecule is C=CCN(C(=O)C(CC(C)C)NC(=O)OC(C)(C)C)C(C(=O)NCCC(=O)OCC)c1ccc(O)cc1. The van der Waals surface area contributed by atoms with Crippen molar-refractivity contribution in [1.82, 2.24) is 15.5 Å². The van der Waals surface area contributed by atoms with E-state index in [4.69, 9.17) is 9.47 Å². The molecule has 3 amide bonds. The molecule has 0 radical (unpaired) electrons. The van der Waals surface area contributed by atoms with Crippen LogP contribution in [0.2, 0.25) is 0 Å². The summed E-state index contributed by atoms with van der Waals surface area (Å²) in [4.78, 5) is 52.8. The molecule has 10 nitrogen and oxygen atoms in total. The molecule has 1 aromatic rings. The number of phenolic OH excluding ortho intramolecular Hbond substituents is 1. The van der Waals surface area contributed by atoms with Crippen molar-refractivity contribution in [1.29, 1.82) is 0 Å². The van der Waals surface area contributed by atoms with E-state index in [1.165, 1.54) is 35.2 Å². The van der Waals surface area contributed by atoms with Crippen molar-refractivity contribution in [2.24, 2.45) is 5.92 Å². The van der Waals surface area contributed by atoms with Gasteiger partial charge in [-0.25, -0.2) is 4.79 Å². The molecular weight excluding hydrogens is 478 g/mol. The molecule has 0 fully saturated rings. The van der Waals surface area contributed by atoms with Gasteiger partial charge >= 0.3 is 12.1 Å². The van der Waals surface area contributed by atoms with Crippen molar-refractivity contribution in [3.8, 4) is 5.75 Å². The number of carbonyl (C=O) groups excluding carboxylic acids is 4. The van der Waals surface area contributed by atoms with E-state index in [0.29, 0.717) is 12.0 Å². The van der Waals surface area contributed by atoms with Crippen LogP contribution in [0.5, 0.6) is 5.75 Å². The van der Waals surface area contributed by atoms with Gasteiger partial charge in [0.2, 0.25) is 11.8 Å². The van der Waals surface area contributed by atoms with E-state index < -0.39 is 41.6 Å². The number of nitrogens with zero attached hydrogens (tertiary/aromatic N) is 1. The minimum absolute atomic E-state index is 0.000264. The Morgan fingerprint density at radius 1 is 1.14 bits per heavy atom. The predicted octanol–water partition coefficient (Wildman–Crippen LogP) is 3.46. The van der Waals surface area contributed by atoms with Crippen molar-refractivity contribution < 1.29 is 33.8 Å². The topological polar surface area (TPSA) is 134 Å². The van der Waals surface area contributed by atoms with Crippen LogP contribution in [0.3, 0.4) is 0 Å². The Morgan fingerprint density at radius 2 is 1.76 bits per heavy atom. The van der Waals surface area contributed by atoms with Crippen LogP contribution in [0.15, 0.2) is 36.9 Å². The maximum Gasteiger partial charge on any atom is 0.408 e. The fraction of sp³-hybridized carbons (Fsp3) is 0.556. The van der Waals surface area contributed by atoms with Crippen LogP contribution in [0.4, 0.5) is 4.79 Å². The summed E-state index contributed by atoms with van der Waals surface area (Å²) in [5.74, 6) is -1.46. The first-order chi connectivity index (χ1) is 17.3. The molecule has 2 unspecified atom stereocenters. The molecule has 10 heteroatoms. The predicted molar refractivity (Wildman–Crippen MR) is 140 cm³/mol. The van der Waals surface area contributed by atoms with Crippen molar-refractivity contribution >= 4 is 23.9 Å². The summed E-state index contributed by atoms with van der Waals surface area (Å²) in [6, 6.07) is 3.80. The van der Waals surface area contributed by atoms with Gasteiger partial charge in [0, 0.05) is 13.1 Å². The van der Waals surface area contributed by atoms with Crippen LogP contribution in [0, 0.1) is 5.92 Å². The normalized spacial score (nSPS) is 12.7. The number of rotatable bonds is 13. The van der Waals surface area contributed by atoms with Crippen LogP contribution in [-0.4, -0.2) is 65.2 Å². The highest BCUT2D eigenvalue weighted by Crippen LogP contribution is 2.25. The lowest BCUT2D eigenvalue weighted by Gasteiger charge is -2.34. The molecular formula is C27H41N3O7. The molecule has 1 rings (SSSR count). The molecule has 2 atom stereocenters. The second kappa shape index (κ2) is 14.9. The summed E-state index contributed by atoms with van der Waals surface area (Å²) in [5, 5.41) is 15.1. The van der Waals surface area contributed by atoms with Gasteiger partial charge in [-0.05, 0) is 57.7 Å². The van der Waals surface area contributed by atoms with Crippen LogP contribution in [0.1, 0.15) is 66.0 Å². The number of ether oxygens (including phenoxy) is 2. The lowest BCUT2D eigenvalue weighted by atomic mass is 9.99. The minimum Gasteiger partial charge on any atom is -0.508 e. The molecule has 0 aromatic heterocycles. The van der Waals surface area contributed by atoms with Crippen LogP contribution >= 0.6 is 0 Å². The number of alkyl carbamates (subject to hydrolysis) is 1. The van der Waals surface area contributed by atoms with E-state index in [2.05, 4.69) is 17.2 Å². The zero-order valence-corrected chi connectivity index (χ0v) is 22.7. The molecule has 0 aliphatic carbocycles. The summed E-state index contributed by atoms with van der Waals surface area (Å²) in [6.07, 6.45) is 1.01. The molecule has 0 saturated heterocycles. The third kappa shape index (κ3) is 11.4. The largest absolute Gasteiger partial charge is 0.508 e. The van der Waals surface area contributed by atoms with E-state index >= 15 is 0 Å². The van der Waals surface area contributed by atoms with Gasteiger partial charge in [-0.3, -0.25) is 14.4 Å². The van der Waals surface area contributed by atoms with E-state index in [1.54, 1.807) is 27.7 Å². The van der Waals surface area contributed by atoms with E-state index in [1.807, 2.05) is 13.8 Å². The number of aromatic hydroxyl groups is 1. The van der Waals surface area contributed by atoms with Crippen LogP contribution < -0.4 is 10.6 Å². The molecule has 206 valence electrons. The lowest BCUT2D eigenvalue weighted by molar-refractivity contribution is -0.144. The minimum atomic E-state index is -1.12. The molecule has 1 aromatic carbocycles. The summed E-state index contributed by atoms with van der Waals surface area (Å²) in [5.41, 5.74) is -0.328. The highest BCUT2D eigenvalue weighted by molar-refractivity contribution is 5.92. The zero-order valence-electron chi connectivity index (χ0n) is 22.7. The van der Waals surface area contributed by atoms with E-state index in [0.717, 1.165) is 0 Å². The third-order valence-corrected chi connectivity index (χ3v) is 5.01. The third-order valence-electron chi connectivity index (χ3n) is 5.01. The van der Waals surface area contributed by atoms with Crippen LogP contribution in [-0.2, 0) is 23.9 Å². The standard InChI is InChI=1S/C27H41N3O7/c1-8-16-30(25(34)21(17-18(3)4)29-26(35)37-27(5,6)7)23(19-10-12-20(31)13-11-19)24(33)28-15-14-22(32)36-9-2/h8,10-13,18,21,23,31H,1,9,14-17H2,2-7H3,(H,28,33)(H,29,35). The number of phenols is 1. The van der Waals surface area contributed by atoms with Gasteiger partial charge in [0.1, 0.15) is 23.4 Å². The van der Waals surface area contributed by atoms with Gasteiger partial charge in [-0.15, -0.1) is 6.58 Å². The average Bonchev–Trinajstić information content (AvgIpc) is 2.77. The summed E-state index contributed by atoms with van der Waals surface area (Å²) in [6.45, 7) is 14.6. The molecule has 0 aliphatic rings. The molecule has 0 bridgehead atoms. The Labute approximate surface area is 219 Å². The van der Waals surface area contributed by atoms with Gasteiger partial charge in [-0.2, -0.15) is 0 Å². The average molecular weight is 520 g/mol. The monoisotopic (exact) mass is 519 g/mol. The Balaban J connectivity index is 3.33. The number of benzene rings is 1. The Morgan fingerprint density at radius 3 is 2.27 bits per heavy atom. The first-order valence-corrected chi connectivity index (χ1v) is 12.4. The second-order valence-corrected chi connectivity index (χ2v) is 9.95. The number of nitrogens with one attached hydrogen (secondary N) is 2. The smallest absolute Gasteiger partial charge is 0.408 e. The first-order valence-electron chi connectivity index (χ1n) is 12.4. The van der Waals surface area contributed by atoms with Crippen molar-refractivity contribution in [2.45, 2.75) is 72.1 Å². The second-order valence-electron chi connectivity index (χ2n) is 9.95.